The number of aromatic amines is 1. The molecule has 1 aromatic carbocycles. The van der Waals surface area contributed by atoms with Crippen molar-refractivity contribution in [3.05, 3.63) is 52.8 Å². The third kappa shape index (κ3) is 4.96. The van der Waals surface area contributed by atoms with Crippen LogP contribution in [0.4, 0.5) is 0 Å². The lowest BCUT2D eigenvalue weighted by Gasteiger charge is -2.21. The van der Waals surface area contributed by atoms with Gasteiger partial charge in [-0.05, 0) is 64.5 Å². The molecule has 0 saturated carbocycles. The van der Waals surface area contributed by atoms with Gasteiger partial charge in [0.1, 0.15) is 5.69 Å². The van der Waals surface area contributed by atoms with Gasteiger partial charge in [0.15, 0.2) is 0 Å². The van der Waals surface area contributed by atoms with Crippen LogP contribution in [0.15, 0.2) is 30.3 Å². The van der Waals surface area contributed by atoms with Gasteiger partial charge < -0.3 is 5.32 Å². The Balaban J connectivity index is 1.57. The molecule has 6 heteroatoms. The van der Waals surface area contributed by atoms with Gasteiger partial charge in [0.25, 0.3) is 5.91 Å². The second-order valence-electron chi connectivity index (χ2n) is 7.86. The Bertz CT molecular complexity index is 769. The summed E-state index contributed by atoms with van der Waals surface area (Å²) >= 11 is 0. The minimum atomic E-state index is -0.136. The molecule has 1 atom stereocenters. The van der Waals surface area contributed by atoms with Gasteiger partial charge in [-0.15, -0.1) is 0 Å². The minimum absolute atomic E-state index is 0.136. The summed E-state index contributed by atoms with van der Waals surface area (Å²) in [6.45, 7) is 6.87. The van der Waals surface area contributed by atoms with Crippen molar-refractivity contribution in [3.63, 3.8) is 0 Å². The quantitative estimate of drug-likeness (QED) is 0.788. The van der Waals surface area contributed by atoms with Crippen LogP contribution < -0.4 is 5.32 Å². The Hall–Kier alpha value is -2.18. The van der Waals surface area contributed by atoms with Gasteiger partial charge in [-0.1, -0.05) is 24.3 Å². The molecule has 146 valence electrons. The first-order chi connectivity index (χ1) is 12.9. The largest absolute Gasteiger partial charge is 0.347 e. The van der Waals surface area contributed by atoms with Crippen LogP contribution in [-0.2, 0) is 13.1 Å². The number of likely N-dealkylation sites (tertiary alicyclic amines) is 1. The number of amides is 1. The van der Waals surface area contributed by atoms with E-state index in [0.717, 1.165) is 30.8 Å². The summed E-state index contributed by atoms with van der Waals surface area (Å²) in [5, 5.41) is 10.2. The van der Waals surface area contributed by atoms with Gasteiger partial charge in [-0.25, -0.2) is 0 Å². The van der Waals surface area contributed by atoms with Crippen LogP contribution in [0.1, 0.15) is 60.0 Å². The molecule has 0 spiro atoms. The fourth-order valence-electron chi connectivity index (χ4n) is 3.51. The van der Waals surface area contributed by atoms with Crippen LogP contribution in [-0.4, -0.2) is 52.6 Å². The lowest BCUT2D eigenvalue weighted by Crippen LogP contribution is -2.26. The van der Waals surface area contributed by atoms with E-state index >= 15 is 0 Å². The predicted octanol–water partition coefficient (Wildman–Crippen LogP) is 2.95. The number of nitrogens with zero attached hydrogens (tertiary/aromatic N) is 3. The van der Waals surface area contributed by atoms with E-state index in [1.54, 1.807) is 0 Å². The summed E-state index contributed by atoms with van der Waals surface area (Å²) in [5.74, 6) is -0.136. The first kappa shape index (κ1) is 19.6. The third-order valence-corrected chi connectivity index (χ3v) is 5.47. The highest BCUT2D eigenvalue weighted by molar-refractivity contribution is 5.92. The molecule has 1 aliphatic rings. The van der Waals surface area contributed by atoms with Gasteiger partial charge in [0.2, 0.25) is 0 Å². The molecule has 1 aromatic heterocycles. The molecule has 2 heterocycles. The van der Waals surface area contributed by atoms with E-state index in [4.69, 9.17) is 0 Å². The summed E-state index contributed by atoms with van der Waals surface area (Å²) in [6.07, 6.45) is 2.29. The van der Waals surface area contributed by atoms with Crippen molar-refractivity contribution in [2.45, 2.75) is 51.9 Å². The Morgan fingerprint density at radius 1 is 1.37 bits per heavy atom. The molecule has 6 nitrogen and oxygen atoms in total. The van der Waals surface area contributed by atoms with Crippen molar-refractivity contribution in [3.8, 4) is 0 Å². The van der Waals surface area contributed by atoms with Crippen molar-refractivity contribution < 1.29 is 4.79 Å². The smallest absolute Gasteiger partial charge is 0.272 e. The summed E-state index contributed by atoms with van der Waals surface area (Å²) in [5.41, 5.74) is 3.84. The topological polar surface area (TPSA) is 64.3 Å². The Morgan fingerprint density at radius 3 is 2.85 bits per heavy atom. The van der Waals surface area contributed by atoms with Crippen molar-refractivity contribution in [1.29, 1.82) is 0 Å². The number of hydrogen-bond donors (Lipinski definition) is 2. The summed E-state index contributed by atoms with van der Waals surface area (Å²) in [7, 11) is 4.23. The Morgan fingerprint density at radius 2 is 2.15 bits per heavy atom. The zero-order valence-electron chi connectivity index (χ0n) is 16.8. The predicted molar refractivity (Wildman–Crippen MR) is 107 cm³/mol. The minimum Gasteiger partial charge on any atom is -0.347 e. The SMILES string of the molecule is CC(C)N(C)Cc1cccc(CNC(=O)c2cc(C3CCCN3C)[nH]n2)c1. The fraction of sp³-hybridized carbons (Fsp3) is 0.524. The van der Waals surface area contributed by atoms with Crippen LogP contribution in [0.5, 0.6) is 0 Å². The highest BCUT2D eigenvalue weighted by atomic mass is 16.1. The Kier molecular flexibility index (Phi) is 6.29. The molecule has 0 bridgehead atoms. The number of H-pyrrole nitrogens is 1. The second-order valence-corrected chi connectivity index (χ2v) is 7.86. The monoisotopic (exact) mass is 369 g/mol. The maximum absolute atomic E-state index is 12.5. The lowest BCUT2D eigenvalue weighted by molar-refractivity contribution is 0.0946. The van der Waals surface area contributed by atoms with Gasteiger partial charge in [0, 0.05) is 19.1 Å². The number of carbonyl (C=O) groups is 1. The number of hydrogen-bond acceptors (Lipinski definition) is 4. The zero-order chi connectivity index (χ0) is 19.4. The van der Waals surface area contributed by atoms with Crippen molar-refractivity contribution in [2.75, 3.05) is 20.6 Å². The lowest BCUT2D eigenvalue weighted by atomic mass is 10.1. The normalized spacial score (nSPS) is 17.8. The first-order valence-electron chi connectivity index (χ1n) is 9.76. The van der Waals surface area contributed by atoms with E-state index in [0.29, 0.717) is 24.3 Å². The number of carbonyl (C=O) groups excluding carboxylic acids is 1. The first-order valence-corrected chi connectivity index (χ1v) is 9.76. The molecule has 3 rings (SSSR count). The van der Waals surface area contributed by atoms with E-state index in [-0.39, 0.29) is 5.91 Å². The van der Waals surface area contributed by atoms with Crippen LogP contribution in [0, 0.1) is 0 Å². The van der Waals surface area contributed by atoms with Gasteiger partial charge in [-0.2, -0.15) is 5.10 Å². The number of benzene rings is 1. The van der Waals surface area contributed by atoms with Crippen LogP contribution in [0.25, 0.3) is 0 Å². The van der Waals surface area contributed by atoms with Crippen molar-refractivity contribution in [1.82, 2.24) is 25.3 Å². The van der Waals surface area contributed by atoms with E-state index < -0.39 is 0 Å². The summed E-state index contributed by atoms with van der Waals surface area (Å²) < 4.78 is 0. The van der Waals surface area contributed by atoms with Gasteiger partial charge in [-0.3, -0.25) is 19.7 Å². The third-order valence-electron chi connectivity index (χ3n) is 5.47. The van der Waals surface area contributed by atoms with Crippen molar-refractivity contribution >= 4 is 5.91 Å². The zero-order valence-corrected chi connectivity index (χ0v) is 16.8. The second kappa shape index (κ2) is 8.67. The number of nitrogens with one attached hydrogen (secondary N) is 2. The highest BCUT2D eigenvalue weighted by Crippen LogP contribution is 2.29. The molecule has 1 amide bonds. The molecule has 1 unspecified atom stereocenters. The molecule has 27 heavy (non-hydrogen) atoms. The van der Waals surface area contributed by atoms with E-state index in [9.17, 15) is 4.79 Å². The molecule has 2 aromatic rings. The van der Waals surface area contributed by atoms with Crippen LogP contribution in [0.3, 0.4) is 0 Å². The molecular formula is C21H31N5O. The fourth-order valence-corrected chi connectivity index (χ4v) is 3.51. The van der Waals surface area contributed by atoms with Crippen LogP contribution in [0.2, 0.25) is 0 Å². The summed E-state index contributed by atoms with van der Waals surface area (Å²) in [6, 6.07) is 11.1. The molecular weight excluding hydrogens is 338 g/mol. The molecule has 0 aliphatic carbocycles. The van der Waals surface area contributed by atoms with Gasteiger partial charge in [0.05, 0.1) is 11.7 Å². The highest BCUT2D eigenvalue weighted by Gasteiger charge is 2.25. The molecule has 1 saturated heterocycles. The number of rotatable bonds is 7. The molecule has 1 fully saturated rings. The van der Waals surface area contributed by atoms with Gasteiger partial charge >= 0.3 is 0 Å². The van der Waals surface area contributed by atoms with E-state index in [1.807, 2.05) is 18.2 Å². The number of aromatic nitrogens is 2. The molecule has 2 N–H and O–H groups in total. The molecule has 1 aliphatic heterocycles. The standard InChI is InChI=1S/C21H31N5O/c1-15(2)26(4)14-17-8-5-7-16(11-17)13-22-21(27)19-12-18(23-24-19)20-9-6-10-25(20)3/h5,7-8,11-12,15,20H,6,9-10,13-14H2,1-4H3,(H,22,27)(H,23,24). The average molecular weight is 370 g/mol. The molecule has 0 radical (unpaired) electrons. The van der Waals surface area contributed by atoms with Crippen LogP contribution >= 0.6 is 0 Å². The van der Waals surface area contributed by atoms with E-state index in [2.05, 4.69) is 65.4 Å². The average Bonchev–Trinajstić information content (AvgIpc) is 3.28. The maximum atomic E-state index is 12.5. The summed E-state index contributed by atoms with van der Waals surface area (Å²) in [4.78, 5) is 17.1. The van der Waals surface area contributed by atoms with E-state index in [1.165, 1.54) is 12.0 Å². The van der Waals surface area contributed by atoms with Crippen molar-refractivity contribution in [2.24, 2.45) is 0 Å². The Labute approximate surface area is 161 Å². The maximum Gasteiger partial charge on any atom is 0.272 e.